The van der Waals surface area contributed by atoms with Crippen molar-refractivity contribution in [3.63, 3.8) is 0 Å². The minimum Gasteiger partial charge on any atom is -0.355 e. The fourth-order valence-electron chi connectivity index (χ4n) is 3.20. The van der Waals surface area contributed by atoms with E-state index < -0.39 is 10.0 Å². The molecule has 0 radical (unpaired) electrons. The van der Waals surface area contributed by atoms with Crippen LogP contribution in [0.2, 0.25) is 0 Å². The highest BCUT2D eigenvalue weighted by Gasteiger charge is 2.14. The topological polar surface area (TPSA) is 96.6 Å². The average Bonchev–Trinajstić information content (AvgIpc) is 2.77. The number of rotatable bonds is 7. The van der Waals surface area contributed by atoms with Crippen LogP contribution in [0.3, 0.4) is 0 Å². The third-order valence-corrected chi connectivity index (χ3v) is 5.74. The van der Waals surface area contributed by atoms with Gasteiger partial charge in [0.25, 0.3) is 0 Å². The van der Waals surface area contributed by atoms with E-state index in [1.54, 1.807) is 19.2 Å². The van der Waals surface area contributed by atoms with Gasteiger partial charge in [-0.25, -0.2) is 13.6 Å². The molecule has 0 fully saturated rings. The predicted octanol–water partition coefficient (Wildman–Crippen LogP) is 2.83. The lowest BCUT2D eigenvalue weighted by atomic mass is 9.91. The Labute approximate surface area is 177 Å². The van der Waals surface area contributed by atoms with Crippen LogP contribution in [0, 0.1) is 0 Å². The maximum Gasteiger partial charge on any atom is 0.238 e. The van der Waals surface area contributed by atoms with E-state index in [1.807, 2.05) is 36.4 Å². The van der Waals surface area contributed by atoms with Crippen molar-refractivity contribution in [3.8, 4) is 0 Å². The molecule has 3 rings (SSSR count). The highest BCUT2D eigenvalue weighted by molar-refractivity contribution is 7.89. The van der Waals surface area contributed by atoms with Gasteiger partial charge in [-0.2, -0.15) is 0 Å². The molecule has 156 valence electrons. The first-order valence-corrected chi connectivity index (χ1v) is 11.2. The second-order valence-corrected chi connectivity index (χ2v) is 8.43. The van der Waals surface area contributed by atoms with Crippen molar-refractivity contribution >= 4 is 16.0 Å². The molecular formula is C23H26N4O2S. The van der Waals surface area contributed by atoms with Gasteiger partial charge < -0.3 is 10.6 Å². The molecular weight excluding hydrogens is 396 g/mol. The lowest BCUT2D eigenvalue weighted by Gasteiger charge is -2.20. The zero-order valence-electron chi connectivity index (χ0n) is 16.8. The molecule has 0 aliphatic carbocycles. The smallest absolute Gasteiger partial charge is 0.238 e. The molecule has 0 saturated carbocycles. The van der Waals surface area contributed by atoms with Crippen molar-refractivity contribution < 1.29 is 8.42 Å². The maximum absolute atomic E-state index is 11.4. The fourth-order valence-corrected chi connectivity index (χ4v) is 3.72. The number of aliphatic imine (C=N–C) groups is 1. The third kappa shape index (κ3) is 5.92. The van der Waals surface area contributed by atoms with Gasteiger partial charge in [0.1, 0.15) is 0 Å². The van der Waals surface area contributed by atoms with Crippen molar-refractivity contribution in [2.45, 2.75) is 17.4 Å². The minimum absolute atomic E-state index is 0.0994. The second kappa shape index (κ2) is 10.0. The maximum atomic E-state index is 11.4. The summed E-state index contributed by atoms with van der Waals surface area (Å²) >= 11 is 0. The van der Waals surface area contributed by atoms with Gasteiger partial charge in [0.15, 0.2) is 5.96 Å². The number of hydrogen-bond acceptors (Lipinski definition) is 3. The Morgan fingerprint density at radius 2 is 1.40 bits per heavy atom. The summed E-state index contributed by atoms with van der Waals surface area (Å²) in [6.07, 6.45) is 0. The van der Waals surface area contributed by atoms with Gasteiger partial charge in [-0.1, -0.05) is 72.8 Å². The van der Waals surface area contributed by atoms with Gasteiger partial charge in [-0.05, 0) is 28.8 Å². The highest BCUT2D eigenvalue weighted by Crippen LogP contribution is 2.23. The number of nitrogens with two attached hydrogens (primary N) is 1. The van der Waals surface area contributed by atoms with Gasteiger partial charge in [0, 0.05) is 26.1 Å². The minimum atomic E-state index is -3.68. The van der Waals surface area contributed by atoms with Crippen LogP contribution in [0.5, 0.6) is 0 Å². The van der Waals surface area contributed by atoms with Crippen molar-refractivity contribution in [2.24, 2.45) is 10.1 Å². The van der Waals surface area contributed by atoms with Crippen LogP contribution in [-0.4, -0.2) is 28.0 Å². The number of nitrogens with zero attached hydrogens (tertiary/aromatic N) is 1. The quantitative estimate of drug-likeness (QED) is 0.403. The first kappa shape index (κ1) is 21.5. The van der Waals surface area contributed by atoms with Gasteiger partial charge >= 0.3 is 0 Å². The third-order valence-electron chi connectivity index (χ3n) is 4.81. The van der Waals surface area contributed by atoms with Gasteiger partial charge in [0.2, 0.25) is 10.0 Å². The van der Waals surface area contributed by atoms with Crippen molar-refractivity contribution in [1.82, 2.24) is 10.6 Å². The normalized spacial score (nSPS) is 12.0. The van der Waals surface area contributed by atoms with Gasteiger partial charge in [-0.3, -0.25) is 4.99 Å². The summed E-state index contributed by atoms with van der Waals surface area (Å²) in [5.74, 6) is 0.849. The number of primary sulfonamides is 1. The van der Waals surface area contributed by atoms with Crippen molar-refractivity contribution in [3.05, 3.63) is 102 Å². The Hall–Kier alpha value is -3.16. The van der Waals surface area contributed by atoms with Crippen LogP contribution in [-0.2, 0) is 16.6 Å². The van der Waals surface area contributed by atoms with Gasteiger partial charge in [0.05, 0.1) is 4.90 Å². The first-order chi connectivity index (χ1) is 14.5. The first-order valence-electron chi connectivity index (χ1n) is 9.63. The van der Waals surface area contributed by atoms with Crippen LogP contribution in [0.4, 0.5) is 0 Å². The summed E-state index contributed by atoms with van der Waals surface area (Å²) in [6, 6.07) is 27.2. The van der Waals surface area contributed by atoms with Crippen molar-refractivity contribution in [1.29, 1.82) is 0 Å². The fraction of sp³-hybridized carbons (Fsp3) is 0.174. The van der Waals surface area contributed by atoms with E-state index in [4.69, 9.17) is 5.14 Å². The van der Waals surface area contributed by atoms with Crippen LogP contribution >= 0.6 is 0 Å². The molecule has 3 aromatic carbocycles. The standard InChI is InChI=1S/C23H26N4O2S/c1-25-23(26-16-18-12-14-21(15-13-18)30(24,28)29)27-17-22(19-8-4-2-5-9-19)20-10-6-3-7-11-20/h2-15,22H,16-17H2,1H3,(H2,24,28,29)(H2,25,26,27). The molecule has 6 nitrogen and oxygen atoms in total. The Bertz CT molecular complexity index is 1030. The molecule has 4 N–H and O–H groups in total. The summed E-state index contributed by atoms with van der Waals surface area (Å²) in [4.78, 5) is 4.40. The Morgan fingerprint density at radius 3 is 1.87 bits per heavy atom. The molecule has 0 saturated heterocycles. The monoisotopic (exact) mass is 422 g/mol. The SMILES string of the molecule is CN=C(NCc1ccc(S(N)(=O)=O)cc1)NCC(c1ccccc1)c1ccccc1. The van der Waals surface area contributed by atoms with E-state index >= 15 is 0 Å². The van der Waals surface area contributed by atoms with Crippen LogP contribution in [0.25, 0.3) is 0 Å². The molecule has 0 aliphatic heterocycles. The number of hydrogen-bond donors (Lipinski definition) is 3. The Balaban J connectivity index is 1.64. The van der Waals surface area contributed by atoms with Crippen LogP contribution in [0.1, 0.15) is 22.6 Å². The number of benzene rings is 3. The van der Waals surface area contributed by atoms with Crippen LogP contribution < -0.4 is 15.8 Å². The van der Waals surface area contributed by atoms with Crippen molar-refractivity contribution in [2.75, 3.05) is 13.6 Å². The number of nitrogens with one attached hydrogen (secondary N) is 2. The van der Waals surface area contributed by atoms with Gasteiger partial charge in [-0.15, -0.1) is 0 Å². The molecule has 0 heterocycles. The zero-order valence-corrected chi connectivity index (χ0v) is 17.6. The van der Waals surface area contributed by atoms with E-state index in [1.165, 1.54) is 23.3 Å². The molecule has 0 amide bonds. The molecule has 0 aromatic heterocycles. The molecule has 30 heavy (non-hydrogen) atoms. The number of guanidine groups is 1. The molecule has 3 aromatic rings. The molecule has 0 atom stereocenters. The Kier molecular flexibility index (Phi) is 7.21. The van der Waals surface area contributed by atoms with Crippen LogP contribution in [0.15, 0.2) is 94.8 Å². The molecule has 0 aliphatic rings. The zero-order chi connectivity index (χ0) is 21.4. The molecule has 0 unspecified atom stereocenters. The summed E-state index contributed by atoms with van der Waals surface area (Å²) in [5, 5.41) is 11.8. The van der Waals surface area contributed by atoms with E-state index in [-0.39, 0.29) is 10.8 Å². The summed E-state index contributed by atoms with van der Waals surface area (Å²) in [7, 11) is -1.96. The summed E-state index contributed by atoms with van der Waals surface area (Å²) in [6.45, 7) is 1.18. The Morgan fingerprint density at radius 1 is 0.867 bits per heavy atom. The van der Waals surface area contributed by atoms with E-state index in [2.05, 4.69) is 39.9 Å². The summed E-state index contributed by atoms with van der Waals surface area (Å²) < 4.78 is 22.7. The van der Waals surface area contributed by atoms with E-state index in [9.17, 15) is 8.42 Å². The lowest BCUT2D eigenvalue weighted by Crippen LogP contribution is -2.39. The largest absolute Gasteiger partial charge is 0.355 e. The molecule has 0 bridgehead atoms. The average molecular weight is 423 g/mol. The lowest BCUT2D eigenvalue weighted by molar-refractivity contribution is 0.597. The highest BCUT2D eigenvalue weighted by atomic mass is 32.2. The summed E-state index contributed by atoms with van der Waals surface area (Å²) in [5.41, 5.74) is 3.38. The molecule has 0 spiro atoms. The van der Waals surface area contributed by atoms with E-state index in [0.29, 0.717) is 19.0 Å². The van der Waals surface area contributed by atoms with E-state index in [0.717, 1.165) is 5.56 Å². The molecule has 7 heteroatoms. The second-order valence-electron chi connectivity index (χ2n) is 6.87. The predicted molar refractivity (Wildman–Crippen MR) is 121 cm³/mol. The number of sulfonamides is 1.